The van der Waals surface area contributed by atoms with E-state index in [4.69, 9.17) is 14.0 Å². The van der Waals surface area contributed by atoms with Gasteiger partial charge in [0.25, 0.3) is 11.1 Å². The van der Waals surface area contributed by atoms with Crippen LogP contribution in [0.3, 0.4) is 0 Å². The van der Waals surface area contributed by atoms with Crippen molar-refractivity contribution in [1.82, 2.24) is 30.7 Å². The number of fused-ring (bicyclic) bond motifs is 1. The molecule has 2 heterocycles. The van der Waals surface area contributed by atoms with Crippen LogP contribution in [-0.4, -0.2) is 62.4 Å². The Morgan fingerprint density at radius 1 is 1.30 bits per heavy atom. The van der Waals surface area contributed by atoms with Crippen LogP contribution >= 0.6 is 11.8 Å². The van der Waals surface area contributed by atoms with Crippen molar-refractivity contribution in [2.45, 2.75) is 50.5 Å². The summed E-state index contributed by atoms with van der Waals surface area (Å²) in [7, 11) is 0. The van der Waals surface area contributed by atoms with E-state index in [9.17, 15) is 14.9 Å². The SMILES string of the molecule is C=CCNC(=O)S[C@H](Cc1c[nH]cn1)C(=O)OCCN[C@H]1CCc2c(-c3noc(-c4ccc(OC(C)C)c(C#N)c4)n3)cccc21. The lowest BCUT2D eigenvalue weighted by Gasteiger charge is -2.17. The Bertz CT molecular complexity index is 1710. The van der Waals surface area contributed by atoms with Gasteiger partial charge in [-0.2, -0.15) is 10.2 Å². The van der Waals surface area contributed by atoms with Gasteiger partial charge in [0.2, 0.25) is 5.82 Å². The van der Waals surface area contributed by atoms with Crippen LogP contribution in [0.1, 0.15) is 48.7 Å². The quantitative estimate of drug-likeness (QED) is 0.0946. The summed E-state index contributed by atoms with van der Waals surface area (Å²) in [6.07, 6.45) is 6.67. The zero-order valence-corrected chi connectivity index (χ0v) is 26.4. The van der Waals surface area contributed by atoms with E-state index >= 15 is 0 Å². The summed E-state index contributed by atoms with van der Waals surface area (Å²) in [6, 6.07) is 13.5. The van der Waals surface area contributed by atoms with Gasteiger partial charge in [-0.1, -0.05) is 29.4 Å². The predicted molar refractivity (Wildman–Crippen MR) is 173 cm³/mol. The number of carbonyl (C=O) groups excluding carboxylic acids is 2. The van der Waals surface area contributed by atoms with E-state index in [1.165, 1.54) is 6.33 Å². The number of aromatic nitrogens is 4. The number of nitriles is 1. The third kappa shape index (κ3) is 8.01. The van der Waals surface area contributed by atoms with Crippen molar-refractivity contribution in [2.24, 2.45) is 0 Å². The number of imidazole rings is 1. The molecule has 3 N–H and O–H groups in total. The number of carbonyl (C=O) groups is 2. The number of rotatable bonds is 14. The molecule has 0 saturated carbocycles. The second-order valence-electron chi connectivity index (χ2n) is 10.8. The lowest BCUT2D eigenvalue weighted by Crippen LogP contribution is -2.31. The fraction of sp³-hybridized carbons (Fsp3) is 0.333. The van der Waals surface area contributed by atoms with Crippen LogP contribution in [0.2, 0.25) is 0 Å². The Morgan fingerprint density at radius 2 is 2.17 bits per heavy atom. The summed E-state index contributed by atoms with van der Waals surface area (Å²) >= 11 is 0.883. The Kier molecular flexibility index (Phi) is 10.9. The number of hydrogen-bond donors (Lipinski definition) is 3. The van der Waals surface area contributed by atoms with Crippen molar-refractivity contribution in [3.63, 3.8) is 0 Å². The number of amides is 1. The summed E-state index contributed by atoms with van der Waals surface area (Å²) in [4.78, 5) is 36.9. The zero-order valence-electron chi connectivity index (χ0n) is 25.6. The standard InChI is InChI=1S/C33H35N7O5S/c1-4-12-37-33(42)46-29(16-23-18-35-19-38-23)32(41)43-14-13-36-27-10-9-24-25(27)6-5-7-26(24)30-39-31(45-40-30)21-8-11-28(44-20(2)3)22(15-21)17-34/h4-8,11,15,18-20,27,29,36H,1,9-10,12-14,16H2,2-3H3,(H,35,38)(H,37,42)/t27-,29+/m0/s1. The molecule has 0 spiro atoms. The van der Waals surface area contributed by atoms with Gasteiger partial charge < -0.3 is 29.6 Å². The predicted octanol–water partition coefficient (Wildman–Crippen LogP) is 5.15. The van der Waals surface area contributed by atoms with Crippen LogP contribution in [0.5, 0.6) is 5.75 Å². The lowest BCUT2D eigenvalue weighted by atomic mass is 10.0. The molecule has 0 aliphatic heterocycles. The van der Waals surface area contributed by atoms with Gasteiger partial charge in [0.1, 0.15) is 23.7 Å². The molecule has 13 heteroatoms. The summed E-state index contributed by atoms with van der Waals surface area (Å²) in [5.74, 6) is 0.820. The summed E-state index contributed by atoms with van der Waals surface area (Å²) in [6.45, 7) is 8.30. The molecule has 2 aromatic heterocycles. The van der Waals surface area contributed by atoms with Crippen LogP contribution in [0.25, 0.3) is 22.8 Å². The maximum absolute atomic E-state index is 12.9. The largest absolute Gasteiger partial charge is 0.490 e. The number of benzene rings is 2. The Balaban J connectivity index is 1.19. The highest BCUT2D eigenvalue weighted by molar-refractivity contribution is 8.14. The van der Waals surface area contributed by atoms with E-state index in [1.54, 1.807) is 30.5 Å². The lowest BCUT2D eigenvalue weighted by molar-refractivity contribution is -0.142. The van der Waals surface area contributed by atoms with Gasteiger partial charge in [0, 0.05) is 42.9 Å². The fourth-order valence-corrected chi connectivity index (χ4v) is 6.05. The second-order valence-corrected chi connectivity index (χ2v) is 12.0. The van der Waals surface area contributed by atoms with Crippen molar-refractivity contribution >= 4 is 23.0 Å². The van der Waals surface area contributed by atoms with Gasteiger partial charge >= 0.3 is 5.97 Å². The first-order chi connectivity index (χ1) is 22.4. The molecule has 0 fully saturated rings. The molecule has 0 radical (unpaired) electrons. The maximum atomic E-state index is 12.9. The minimum Gasteiger partial charge on any atom is -0.490 e. The van der Waals surface area contributed by atoms with E-state index < -0.39 is 11.2 Å². The first-order valence-corrected chi connectivity index (χ1v) is 15.8. The normalized spacial score (nSPS) is 14.3. The third-order valence-corrected chi connectivity index (χ3v) is 8.24. The molecule has 0 bridgehead atoms. The number of thioether (sulfide) groups is 1. The molecule has 12 nitrogen and oxygen atoms in total. The minimum absolute atomic E-state index is 0.0574. The van der Waals surface area contributed by atoms with Gasteiger partial charge in [-0.15, -0.1) is 6.58 Å². The highest BCUT2D eigenvalue weighted by Crippen LogP contribution is 2.37. The number of nitrogens with one attached hydrogen (secondary N) is 3. The smallest absolute Gasteiger partial charge is 0.320 e. The van der Waals surface area contributed by atoms with Crippen molar-refractivity contribution < 1.29 is 23.6 Å². The van der Waals surface area contributed by atoms with Crippen LogP contribution in [0, 0.1) is 11.3 Å². The van der Waals surface area contributed by atoms with E-state index in [0.29, 0.717) is 47.4 Å². The van der Waals surface area contributed by atoms with Crippen LogP contribution in [0.4, 0.5) is 4.79 Å². The molecule has 0 saturated heterocycles. The molecule has 238 valence electrons. The summed E-state index contributed by atoms with van der Waals surface area (Å²) in [5.41, 5.74) is 4.84. The van der Waals surface area contributed by atoms with Crippen molar-refractivity contribution in [2.75, 3.05) is 19.7 Å². The molecule has 1 amide bonds. The molecule has 5 rings (SSSR count). The fourth-order valence-electron chi connectivity index (χ4n) is 5.20. The van der Waals surface area contributed by atoms with Gasteiger partial charge in [-0.05, 0) is 67.8 Å². The number of ether oxygens (including phenoxy) is 2. The van der Waals surface area contributed by atoms with E-state index in [1.807, 2.05) is 26.0 Å². The molecule has 2 atom stereocenters. The average molecular weight is 642 g/mol. The van der Waals surface area contributed by atoms with Gasteiger partial charge in [-0.25, -0.2) is 4.98 Å². The molecule has 0 unspecified atom stereocenters. The van der Waals surface area contributed by atoms with Gasteiger partial charge in [0.05, 0.1) is 23.7 Å². The first-order valence-electron chi connectivity index (χ1n) is 15.0. The highest BCUT2D eigenvalue weighted by Gasteiger charge is 2.28. The van der Waals surface area contributed by atoms with Crippen molar-refractivity contribution in [1.29, 1.82) is 5.26 Å². The Morgan fingerprint density at radius 3 is 2.93 bits per heavy atom. The van der Waals surface area contributed by atoms with Crippen LogP contribution in [0.15, 0.2) is 66.1 Å². The molecular formula is C33H35N7O5S. The van der Waals surface area contributed by atoms with Gasteiger partial charge in [-0.3, -0.25) is 9.59 Å². The topological polar surface area (TPSA) is 168 Å². The molecule has 4 aromatic rings. The molecular weight excluding hydrogens is 606 g/mol. The van der Waals surface area contributed by atoms with Gasteiger partial charge in [0.15, 0.2) is 0 Å². The van der Waals surface area contributed by atoms with Crippen LogP contribution < -0.4 is 15.4 Å². The Hall–Kier alpha value is -4.93. The second kappa shape index (κ2) is 15.4. The number of H-pyrrole nitrogens is 1. The van der Waals surface area contributed by atoms with Crippen LogP contribution in [-0.2, 0) is 22.4 Å². The monoisotopic (exact) mass is 641 g/mol. The molecule has 46 heavy (non-hydrogen) atoms. The van der Waals surface area contributed by atoms with E-state index in [2.05, 4.69) is 49.5 Å². The number of esters is 1. The number of aromatic amines is 1. The highest BCUT2D eigenvalue weighted by atomic mass is 32.2. The summed E-state index contributed by atoms with van der Waals surface area (Å²) in [5, 5.41) is 18.9. The van der Waals surface area contributed by atoms with E-state index in [0.717, 1.165) is 41.3 Å². The summed E-state index contributed by atoms with van der Waals surface area (Å²) < 4.78 is 16.9. The van der Waals surface area contributed by atoms with Crippen molar-refractivity contribution in [3.8, 4) is 34.7 Å². The molecule has 2 aromatic carbocycles. The maximum Gasteiger partial charge on any atom is 0.320 e. The number of nitrogens with zero attached hydrogens (tertiary/aromatic N) is 4. The molecule has 1 aliphatic carbocycles. The number of hydrogen-bond acceptors (Lipinski definition) is 11. The molecule has 1 aliphatic rings. The minimum atomic E-state index is -0.736. The Labute approximate surface area is 271 Å². The average Bonchev–Trinajstić information content (AvgIpc) is 3.83. The third-order valence-electron chi connectivity index (χ3n) is 7.24. The zero-order chi connectivity index (χ0) is 32.5. The first kappa shape index (κ1) is 32.5. The van der Waals surface area contributed by atoms with E-state index in [-0.39, 0.29) is 30.4 Å². The van der Waals surface area contributed by atoms with Crippen molar-refractivity contribution in [3.05, 3.63) is 84.0 Å².